The minimum Gasteiger partial charge on any atom is -0.367 e. The molecule has 1 unspecified atom stereocenters. The number of rotatable bonds is 2. The quantitative estimate of drug-likeness (QED) is 0.865. The largest absolute Gasteiger partial charge is 0.367 e. The Morgan fingerprint density at radius 1 is 1.33 bits per heavy atom. The Balaban J connectivity index is 1.84. The van der Waals surface area contributed by atoms with Gasteiger partial charge in [0.15, 0.2) is 0 Å². The van der Waals surface area contributed by atoms with E-state index in [1.165, 1.54) is 12.8 Å². The van der Waals surface area contributed by atoms with Gasteiger partial charge in [0.1, 0.15) is 5.82 Å². The monoisotopic (exact) mass is 248 g/mol. The molecule has 3 heteroatoms. The zero-order valence-electron chi connectivity index (χ0n) is 11.0. The topological polar surface area (TPSA) is 15.3 Å². The van der Waals surface area contributed by atoms with Gasteiger partial charge >= 0.3 is 0 Å². The minimum atomic E-state index is -0.0774. The smallest absolute Gasteiger partial charge is 0.146 e. The van der Waals surface area contributed by atoms with Crippen LogP contribution in [0, 0.1) is 18.7 Å². The van der Waals surface area contributed by atoms with Crippen LogP contribution in [0.5, 0.6) is 0 Å². The van der Waals surface area contributed by atoms with Crippen LogP contribution < -0.4 is 10.2 Å². The summed E-state index contributed by atoms with van der Waals surface area (Å²) >= 11 is 0. The van der Waals surface area contributed by atoms with Gasteiger partial charge in [-0.25, -0.2) is 4.39 Å². The van der Waals surface area contributed by atoms with Gasteiger partial charge in [-0.05, 0) is 50.3 Å². The molecule has 2 fully saturated rings. The maximum atomic E-state index is 14.0. The van der Waals surface area contributed by atoms with Crippen molar-refractivity contribution in [1.29, 1.82) is 0 Å². The van der Waals surface area contributed by atoms with E-state index >= 15 is 0 Å². The van der Waals surface area contributed by atoms with E-state index in [0.29, 0.717) is 6.04 Å². The molecule has 1 aromatic carbocycles. The number of benzene rings is 1. The molecule has 1 heterocycles. The maximum Gasteiger partial charge on any atom is 0.146 e. The predicted octanol–water partition coefficient (Wildman–Crippen LogP) is 2.71. The summed E-state index contributed by atoms with van der Waals surface area (Å²) in [5.41, 5.74) is 1.86. The van der Waals surface area contributed by atoms with Crippen LogP contribution in [0.15, 0.2) is 18.2 Å². The highest BCUT2D eigenvalue weighted by Crippen LogP contribution is 2.35. The van der Waals surface area contributed by atoms with E-state index in [9.17, 15) is 4.39 Å². The molecule has 98 valence electrons. The summed E-state index contributed by atoms with van der Waals surface area (Å²) < 4.78 is 14.0. The van der Waals surface area contributed by atoms with Crippen molar-refractivity contribution in [3.8, 4) is 0 Å². The summed E-state index contributed by atoms with van der Waals surface area (Å²) in [6, 6.07) is 5.92. The van der Waals surface area contributed by atoms with Crippen LogP contribution in [-0.2, 0) is 0 Å². The number of nitrogens with one attached hydrogen (secondary N) is 1. The van der Waals surface area contributed by atoms with Gasteiger partial charge in [-0.1, -0.05) is 12.1 Å². The Bertz CT molecular complexity index is 408. The molecule has 1 atom stereocenters. The Labute approximate surface area is 108 Å². The van der Waals surface area contributed by atoms with Gasteiger partial charge in [-0.15, -0.1) is 0 Å². The molecule has 2 nitrogen and oxygen atoms in total. The van der Waals surface area contributed by atoms with Crippen LogP contribution in [-0.4, -0.2) is 25.7 Å². The highest BCUT2D eigenvalue weighted by atomic mass is 19.1. The Hall–Kier alpha value is -1.09. The van der Waals surface area contributed by atoms with Crippen molar-refractivity contribution in [2.45, 2.75) is 32.2 Å². The molecule has 1 aromatic rings. The maximum absolute atomic E-state index is 14.0. The molecule has 1 N–H and O–H groups in total. The molecule has 3 rings (SSSR count). The first kappa shape index (κ1) is 12.0. The normalized spacial score (nSPS) is 25.0. The van der Waals surface area contributed by atoms with E-state index in [-0.39, 0.29) is 5.82 Å². The Morgan fingerprint density at radius 2 is 2.17 bits per heavy atom. The first-order valence-corrected chi connectivity index (χ1v) is 6.99. The van der Waals surface area contributed by atoms with Crippen LogP contribution in [0.1, 0.15) is 24.8 Å². The number of hydrogen-bond acceptors (Lipinski definition) is 2. The van der Waals surface area contributed by atoms with Crippen molar-refractivity contribution < 1.29 is 4.39 Å². The Kier molecular flexibility index (Phi) is 3.25. The lowest BCUT2D eigenvalue weighted by Crippen LogP contribution is -2.39. The summed E-state index contributed by atoms with van der Waals surface area (Å²) in [4.78, 5) is 2.24. The van der Waals surface area contributed by atoms with Crippen molar-refractivity contribution in [1.82, 2.24) is 5.32 Å². The zero-order chi connectivity index (χ0) is 12.5. The summed E-state index contributed by atoms with van der Waals surface area (Å²) in [6.45, 7) is 4.97. The lowest BCUT2D eigenvalue weighted by molar-refractivity contribution is 0.488. The van der Waals surface area contributed by atoms with Crippen molar-refractivity contribution in [3.05, 3.63) is 29.6 Å². The fraction of sp³-hybridized carbons (Fsp3) is 0.600. The van der Waals surface area contributed by atoms with Crippen LogP contribution in [0.3, 0.4) is 0 Å². The molecule has 1 aliphatic heterocycles. The number of halogens is 1. The van der Waals surface area contributed by atoms with E-state index in [0.717, 1.165) is 43.2 Å². The van der Waals surface area contributed by atoms with Crippen LogP contribution in [0.4, 0.5) is 10.1 Å². The summed E-state index contributed by atoms with van der Waals surface area (Å²) in [5, 5.41) is 3.62. The minimum absolute atomic E-state index is 0.0774. The SMILES string of the molecule is Cc1cccc(F)c1N1CCCNC(C2CC2)C1. The lowest BCUT2D eigenvalue weighted by atomic mass is 10.1. The second-order valence-electron chi connectivity index (χ2n) is 5.60. The zero-order valence-corrected chi connectivity index (χ0v) is 11.0. The fourth-order valence-corrected chi connectivity index (χ4v) is 2.99. The summed E-state index contributed by atoms with van der Waals surface area (Å²) in [6.07, 6.45) is 3.76. The third-order valence-corrected chi connectivity index (χ3v) is 4.12. The van der Waals surface area contributed by atoms with E-state index < -0.39 is 0 Å². The summed E-state index contributed by atoms with van der Waals surface area (Å²) in [7, 11) is 0. The average Bonchev–Trinajstić information content (AvgIpc) is 3.15. The van der Waals surface area contributed by atoms with Crippen molar-refractivity contribution in [3.63, 3.8) is 0 Å². The number of para-hydroxylation sites is 1. The van der Waals surface area contributed by atoms with Gasteiger partial charge < -0.3 is 10.2 Å². The molecule has 0 aromatic heterocycles. The predicted molar refractivity (Wildman–Crippen MR) is 72.5 cm³/mol. The first-order valence-electron chi connectivity index (χ1n) is 6.99. The standard InChI is InChI=1S/C15H21FN2/c1-11-4-2-5-13(16)15(11)18-9-3-8-17-14(10-18)12-6-7-12/h2,4-5,12,14,17H,3,6-10H2,1H3. The van der Waals surface area contributed by atoms with Gasteiger partial charge in [0.05, 0.1) is 5.69 Å². The third-order valence-electron chi connectivity index (χ3n) is 4.12. The molecule has 2 aliphatic rings. The third kappa shape index (κ3) is 2.37. The molecule has 0 amide bonds. The molecule has 0 radical (unpaired) electrons. The van der Waals surface area contributed by atoms with Crippen molar-refractivity contribution in [2.24, 2.45) is 5.92 Å². The first-order chi connectivity index (χ1) is 8.75. The molecule has 0 spiro atoms. The molecular weight excluding hydrogens is 227 g/mol. The van der Waals surface area contributed by atoms with Gasteiger partial charge in [0, 0.05) is 19.1 Å². The van der Waals surface area contributed by atoms with E-state index in [1.807, 2.05) is 13.0 Å². The second kappa shape index (κ2) is 4.88. The molecule has 1 saturated heterocycles. The molecular formula is C15H21FN2. The highest BCUT2D eigenvalue weighted by Gasteiger charge is 2.33. The highest BCUT2D eigenvalue weighted by molar-refractivity contribution is 5.54. The van der Waals surface area contributed by atoms with Gasteiger partial charge in [0.2, 0.25) is 0 Å². The van der Waals surface area contributed by atoms with Crippen molar-refractivity contribution >= 4 is 5.69 Å². The molecule has 1 aliphatic carbocycles. The second-order valence-corrected chi connectivity index (χ2v) is 5.60. The Morgan fingerprint density at radius 3 is 2.89 bits per heavy atom. The van der Waals surface area contributed by atoms with Gasteiger partial charge in [-0.2, -0.15) is 0 Å². The number of anilines is 1. The van der Waals surface area contributed by atoms with Crippen LogP contribution in [0.2, 0.25) is 0 Å². The van der Waals surface area contributed by atoms with Gasteiger partial charge in [0.25, 0.3) is 0 Å². The van der Waals surface area contributed by atoms with E-state index in [4.69, 9.17) is 0 Å². The molecule has 18 heavy (non-hydrogen) atoms. The van der Waals surface area contributed by atoms with Crippen LogP contribution in [0.25, 0.3) is 0 Å². The molecule has 0 bridgehead atoms. The summed E-state index contributed by atoms with van der Waals surface area (Å²) in [5.74, 6) is 0.740. The number of nitrogens with zero attached hydrogens (tertiary/aromatic N) is 1. The van der Waals surface area contributed by atoms with E-state index in [2.05, 4.69) is 10.2 Å². The number of aryl methyl sites for hydroxylation is 1. The lowest BCUT2D eigenvalue weighted by Gasteiger charge is -2.28. The number of hydrogen-bond donors (Lipinski definition) is 1. The van der Waals surface area contributed by atoms with Crippen molar-refractivity contribution in [2.75, 3.05) is 24.5 Å². The fourth-order valence-electron chi connectivity index (χ4n) is 2.99. The van der Waals surface area contributed by atoms with E-state index in [1.54, 1.807) is 12.1 Å². The van der Waals surface area contributed by atoms with Crippen LogP contribution >= 0.6 is 0 Å². The van der Waals surface area contributed by atoms with Gasteiger partial charge in [-0.3, -0.25) is 0 Å². The average molecular weight is 248 g/mol. The molecule has 1 saturated carbocycles.